The summed E-state index contributed by atoms with van der Waals surface area (Å²) in [5, 5.41) is 3.19. The molecular formula is C7H13Cl2NO2. The molecule has 0 aromatic rings. The van der Waals surface area contributed by atoms with Crippen LogP contribution in [-0.4, -0.2) is 31.5 Å². The molecule has 0 radical (unpaired) electrons. The third kappa shape index (κ3) is 4.14. The van der Waals surface area contributed by atoms with E-state index in [2.05, 4.69) is 5.32 Å². The van der Waals surface area contributed by atoms with Crippen molar-refractivity contribution in [1.82, 2.24) is 5.32 Å². The van der Waals surface area contributed by atoms with Gasteiger partial charge >= 0.3 is 5.97 Å². The Morgan fingerprint density at radius 2 is 2.42 bits per heavy atom. The van der Waals surface area contributed by atoms with E-state index in [0.29, 0.717) is 12.5 Å². The van der Waals surface area contributed by atoms with Crippen molar-refractivity contribution in [3.05, 3.63) is 0 Å². The van der Waals surface area contributed by atoms with Crippen LogP contribution in [-0.2, 0) is 9.53 Å². The van der Waals surface area contributed by atoms with Gasteiger partial charge in [-0.1, -0.05) is 0 Å². The Bertz CT molecular complexity index is 137. The maximum atomic E-state index is 10.6. The lowest BCUT2D eigenvalue weighted by molar-refractivity contribution is -0.141. The van der Waals surface area contributed by atoms with Gasteiger partial charge in [0.1, 0.15) is 5.88 Å². The molecule has 1 rings (SSSR count). The number of hydrogen-bond acceptors (Lipinski definition) is 3. The molecule has 1 fully saturated rings. The van der Waals surface area contributed by atoms with Gasteiger partial charge in [0.05, 0.1) is 6.61 Å². The Balaban J connectivity index is 0.00000121. The first kappa shape index (κ1) is 12.0. The first-order valence-corrected chi connectivity index (χ1v) is 4.28. The molecule has 1 aliphatic rings. The zero-order valence-electron chi connectivity index (χ0n) is 6.72. The lowest BCUT2D eigenvalue weighted by atomic mass is 10.1. The molecule has 1 saturated heterocycles. The van der Waals surface area contributed by atoms with E-state index in [0.717, 1.165) is 19.5 Å². The second-order valence-corrected chi connectivity index (χ2v) is 2.94. The summed E-state index contributed by atoms with van der Waals surface area (Å²) >= 11 is 5.25. The fourth-order valence-corrected chi connectivity index (χ4v) is 1.18. The van der Waals surface area contributed by atoms with Crippen LogP contribution in [0.1, 0.15) is 6.42 Å². The number of ether oxygens (including phenoxy) is 1. The fraction of sp³-hybridized carbons (Fsp3) is 0.857. The smallest absolute Gasteiger partial charge is 0.320 e. The van der Waals surface area contributed by atoms with Gasteiger partial charge in [-0.3, -0.25) is 4.79 Å². The maximum Gasteiger partial charge on any atom is 0.320 e. The normalized spacial score (nSPS) is 21.6. The number of carbonyl (C=O) groups excluding carboxylic acids is 1. The van der Waals surface area contributed by atoms with E-state index < -0.39 is 0 Å². The van der Waals surface area contributed by atoms with Crippen molar-refractivity contribution in [1.29, 1.82) is 0 Å². The van der Waals surface area contributed by atoms with E-state index in [-0.39, 0.29) is 24.3 Å². The van der Waals surface area contributed by atoms with Crippen LogP contribution in [0.4, 0.5) is 0 Å². The zero-order chi connectivity index (χ0) is 8.10. The Labute approximate surface area is 83.2 Å². The van der Waals surface area contributed by atoms with Crippen molar-refractivity contribution in [3.63, 3.8) is 0 Å². The quantitative estimate of drug-likeness (QED) is 0.557. The molecule has 0 saturated carbocycles. The van der Waals surface area contributed by atoms with Crippen molar-refractivity contribution < 1.29 is 9.53 Å². The molecule has 0 aromatic heterocycles. The Hall–Kier alpha value is 0.01000. The van der Waals surface area contributed by atoms with Gasteiger partial charge in [0, 0.05) is 12.5 Å². The molecular weight excluding hydrogens is 201 g/mol. The monoisotopic (exact) mass is 213 g/mol. The van der Waals surface area contributed by atoms with Gasteiger partial charge in [0.15, 0.2) is 0 Å². The van der Waals surface area contributed by atoms with Crippen molar-refractivity contribution in [2.75, 3.05) is 25.6 Å². The van der Waals surface area contributed by atoms with E-state index >= 15 is 0 Å². The summed E-state index contributed by atoms with van der Waals surface area (Å²) in [6.45, 7) is 2.50. The average molecular weight is 214 g/mol. The minimum atomic E-state index is -0.321. The molecule has 1 N–H and O–H groups in total. The number of rotatable bonds is 3. The summed E-state index contributed by atoms with van der Waals surface area (Å²) in [6, 6.07) is 0. The van der Waals surface area contributed by atoms with Gasteiger partial charge in [0.2, 0.25) is 0 Å². The highest BCUT2D eigenvalue weighted by atomic mass is 35.5. The number of hydrogen-bond donors (Lipinski definition) is 1. The van der Waals surface area contributed by atoms with Crippen LogP contribution in [0.25, 0.3) is 0 Å². The summed E-state index contributed by atoms with van der Waals surface area (Å²) < 4.78 is 4.86. The molecule has 0 spiro atoms. The summed E-state index contributed by atoms with van der Waals surface area (Å²) in [5.74, 6) is 0.126. The van der Waals surface area contributed by atoms with Crippen LogP contribution in [0.3, 0.4) is 0 Å². The van der Waals surface area contributed by atoms with Gasteiger partial charge in [0.25, 0.3) is 0 Å². The van der Waals surface area contributed by atoms with E-state index in [1.165, 1.54) is 0 Å². The molecule has 1 heterocycles. The molecule has 5 heteroatoms. The molecule has 1 aliphatic heterocycles. The molecule has 0 amide bonds. The van der Waals surface area contributed by atoms with E-state index in [4.69, 9.17) is 16.3 Å². The van der Waals surface area contributed by atoms with Gasteiger partial charge in [-0.15, -0.1) is 24.0 Å². The SMILES string of the molecule is Cl.O=C(CCl)OCC1CCNC1. The highest BCUT2D eigenvalue weighted by Gasteiger charge is 2.15. The van der Waals surface area contributed by atoms with Crippen molar-refractivity contribution in [3.8, 4) is 0 Å². The standard InChI is InChI=1S/C7H12ClNO2.ClH/c8-3-7(10)11-5-6-1-2-9-4-6;/h6,9H,1-5H2;1H. The number of halogens is 2. The number of esters is 1. The van der Waals surface area contributed by atoms with Gasteiger partial charge in [-0.25, -0.2) is 0 Å². The predicted molar refractivity (Wildman–Crippen MR) is 49.9 cm³/mol. The van der Waals surface area contributed by atoms with Gasteiger partial charge < -0.3 is 10.1 Å². The number of nitrogens with one attached hydrogen (secondary N) is 1. The molecule has 0 aliphatic carbocycles. The molecule has 1 unspecified atom stereocenters. The van der Waals surface area contributed by atoms with Crippen molar-refractivity contribution in [2.24, 2.45) is 5.92 Å². The van der Waals surface area contributed by atoms with E-state index in [1.807, 2.05) is 0 Å². The van der Waals surface area contributed by atoms with Crippen LogP contribution >= 0.6 is 24.0 Å². The average Bonchev–Trinajstić information content (AvgIpc) is 2.52. The van der Waals surface area contributed by atoms with Crippen LogP contribution in [0, 0.1) is 5.92 Å². The highest BCUT2D eigenvalue weighted by molar-refractivity contribution is 6.26. The Morgan fingerprint density at radius 1 is 1.67 bits per heavy atom. The second-order valence-electron chi connectivity index (χ2n) is 2.68. The predicted octanol–water partition coefficient (Wildman–Crippen LogP) is 0.800. The van der Waals surface area contributed by atoms with Crippen LogP contribution < -0.4 is 5.32 Å². The molecule has 1 atom stereocenters. The van der Waals surface area contributed by atoms with E-state index in [9.17, 15) is 4.79 Å². The van der Waals surface area contributed by atoms with Crippen LogP contribution in [0.5, 0.6) is 0 Å². The number of carbonyl (C=O) groups is 1. The molecule has 12 heavy (non-hydrogen) atoms. The van der Waals surface area contributed by atoms with Crippen LogP contribution in [0.15, 0.2) is 0 Å². The highest BCUT2D eigenvalue weighted by Crippen LogP contribution is 2.07. The Morgan fingerprint density at radius 3 is 2.92 bits per heavy atom. The summed E-state index contributed by atoms with van der Waals surface area (Å²) in [7, 11) is 0. The fourth-order valence-electron chi connectivity index (χ4n) is 1.11. The number of alkyl halides is 1. The summed E-state index contributed by atoms with van der Waals surface area (Å²) in [6.07, 6.45) is 1.09. The first-order valence-electron chi connectivity index (χ1n) is 3.75. The molecule has 72 valence electrons. The van der Waals surface area contributed by atoms with Crippen molar-refractivity contribution >= 4 is 30.0 Å². The maximum absolute atomic E-state index is 10.6. The second kappa shape index (κ2) is 6.52. The lowest BCUT2D eigenvalue weighted by Crippen LogP contribution is -2.17. The topological polar surface area (TPSA) is 38.3 Å². The molecule has 3 nitrogen and oxygen atoms in total. The Kier molecular flexibility index (Phi) is 6.52. The third-order valence-corrected chi connectivity index (χ3v) is 1.97. The minimum Gasteiger partial charge on any atom is -0.464 e. The summed E-state index contributed by atoms with van der Waals surface area (Å²) in [5.41, 5.74) is 0. The minimum absolute atomic E-state index is 0. The van der Waals surface area contributed by atoms with Crippen molar-refractivity contribution in [2.45, 2.75) is 6.42 Å². The van der Waals surface area contributed by atoms with Gasteiger partial charge in [-0.2, -0.15) is 0 Å². The summed E-state index contributed by atoms with van der Waals surface area (Å²) in [4.78, 5) is 10.6. The van der Waals surface area contributed by atoms with Gasteiger partial charge in [-0.05, 0) is 13.0 Å². The zero-order valence-corrected chi connectivity index (χ0v) is 8.29. The lowest BCUT2D eigenvalue weighted by Gasteiger charge is -2.07. The molecule has 0 bridgehead atoms. The van der Waals surface area contributed by atoms with Crippen LogP contribution in [0.2, 0.25) is 0 Å². The van der Waals surface area contributed by atoms with E-state index in [1.54, 1.807) is 0 Å². The molecule has 0 aromatic carbocycles. The first-order chi connectivity index (χ1) is 5.33. The largest absolute Gasteiger partial charge is 0.464 e. The third-order valence-electron chi connectivity index (χ3n) is 1.75.